The van der Waals surface area contributed by atoms with Gasteiger partial charge in [0.1, 0.15) is 16.4 Å². The van der Waals surface area contributed by atoms with Crippen LogP contribution in [0.1, 0.15) is 76.7 Å². The SMILES string of the molecule is CCCCCCCCCCCCc1ccc(Oc2ccccc2[O-])c(S(=O)(=O)O)c1.[Na+]. The number of aryl methyl sites for hydroxylation is 1. The fourth-order valence-electron chi connectivity index (χ4n) is 3.46. The molecular formula is C24H33NaO5S. The van der Waals surface area contributed by atoms with Crippen molar-refractivity contribution in [3.05, 3.63) is 48.0 Å². The van der Waals surface area contributed by atoms with Gasteiger partial charge >= 0.3 is 29.6 Å². The van der Waals surface area contributed by atoms with Crippen molar-refractivity contribution in [3.8, 4) is 17.2 Å². The molecule has 2 aromatic carbocycles. The number of unbranched alkanes of at least 4 members (excludes halogenated alkanes) is 9. The predicted molar refractivity (Wildman–Crippen MR) is 118 cm³/mol. The van der Waals surface area contributed by atoms with E-state index in [1.165, 1.54) is 75.6 Å². The smallest absolute Gasteiger partial charge is 0.870 e. The summed E-state index contributed by atoms with van der Waals surface area (Å²) in [6.45, 7) is 2.23. The Kier molecular flexibility index (Phi) is 13.5. The zero-order chi connectivity index (χ0) is 21.8. The second kappa shape index (κ2) is 14.9. The Bertz CT molecular complexity index is 883. The molecule has 31 heavy (non-hydrogen) atoms. The van der Waals surface area contributed by atoms with Crippen LogP contribution in [-0.4, -0.2) is 13.0 Å². The minimum absolute atomic E-state index is 0. The molecule has 0 saturated heterocycles. The van der Waals surface area contributed by atoms with E-state index < -0.39 is 10.1 Å². The van der Waals surface area contributed by atoms with Crippen LogP contribution >= 0.6 is 0 Å². The molecule has 0 aromatic heterocycles. The van der Waals surface area contributed by atoms with Gasteiger partial charge in [-0.15, -0.1) is 0 Å². The van der Waals surface area contributed by atoms with Crippen LogP contribution in [0, 0.1) is 0 Å². The number of ether oxygens (including phenoxy) is 1. The first-order valence-electron chi connectivity index (χ1n) is 11.0. The van der Waals surface area contributed by atoms with Crippen molar-refractivity contribution in [1.29, 1.82) is 0 Å². The van der Waals surface area contributed by atoms with Gasteiger partial charge in [0.2, 0.25) is 0 Å². The van der Waals surface area contributed by atoms with E-state index in [0.29, 0.717) is 0 Å². The molecule has 0 fully saturated rings. The maximum absolute atomic E-state index is 11.8. The molecule has 0 bridgehead atoms. The van der Waals surface area contributed by atoms with Gasteiger partial charge in [-0.3, -0.25) is 4.55 Å². The Hall–Kier alpha value is -1.05. The van der Waals surface area contributed by atoms with E-state index in [9.17, 15) is 18.1 Å². The first-order valence-corrected chi connectivity index (χ1v) is 12.4. The van der Waals surface area contributed by atoms with E-state index in [0.717, 1.165) is 24.8 Å². The summed E-state index contributed by atoms with van der Waals surface area (Å²) in [4.78, 5) is -0.310. The molecule has 2 rings (SSSR count). The molecule has 7 heteroatoms. The minimum Gasteiger partial charge on any atom is -0.870 e. The Labute approximate surface area is 209 Å². The maximum Gasteiger partial charge on any atom is 1.00 e. The van der Waals surface area contributed by atoms with Gasteiger partial charge in [-0.05, 0) is 36.6 Å². The molecule has 166 valence electrons. The molecule has 0 amide bonds. The quantitative estimate of drug-likeness (QED) is 0.268. The van der Waals surface area contributed by atoms with Gasteiger partial charge < -0.3 is 9.84 Å². The normalized spacial score (nSPS) is 11.2. The van der Waals surface area contributed by atoms with Crippen molar-refractivity contribution >= 4 is 10.1 Å². The summed E-state index contributed by atoms with van der Waals surface area (Å²) >= 11 is 0. The third-order valence-corrected chi connectivity index (χ3v) is 6.05. The molecular weight excluding hydrogens is 423 g/mol. The molecule has 2 aromatic rings. The summed E-state index contributed by atoms with van der Waals surface area (Å²) in [5.74, 6) is -0.384. The number of rotatable bonds is 14. The second-order valence-corrected chi connectivity index (χ2v) is 9.13. The third-order valence-electron chi connectivity index (χ3n) is 5.17. The number of hydrogen-bond donors (Lipinski definition) is 1. The van der Waals surface area contributed by atoms with Crippen LogP contribution in [0.15, 0.2) is 47.4 Å². The molecule has 0 saturated carbocycles. The van der Waals surface area contributed by atoms with E-state index in [1.807, 2.05) is 0 Å². The Morgan fingerprint density at radius 1 is 0.839 bits per heavy atom. The molecule has 5 nitrogen and oxygen atoms in total. The molecule has 0 aliphatic rings. The molecule has 1 N–H and O–H groups in total. The van der Waals surface area contributed by atoms with Crippen molar-refractivity contribution < 1.29 is 52.4 Å². The van der Waals surface area contributed by atoms with Crippen LogP contribution in [0.4, 0.5) is 0 Å². The first-order chi connectivity index (χ1) is 14.4. The van der Waals surface area contributed by atoms with Crippen LogP contribution in [0.5, 0.6) is 17.2 Å². The van der Waals surface area contributed by atoms with Crippen LogP contribution < -0.4 is 39.4 Å². The molecule has 0 aliphatic heterocycles. The van der Waals surface area contributed by atoms with Gasteiger partial charge in [0.05, 0.1) is 0 Å². The van der Waals surface area contributed by atoms with Crippen molar-refractivity contribution in [2.45, 2.75) is 82.4 Å². The zero-order valence-corrected chi connectivity index (χ0v) is 21.6. The predicted octanol–water partition coefficient (Wildman–Crippen LogP) is 3.27. The van der Waals surface area contributed by atoms with E-state index in [-0.39, 0.29) is 51.7 Å². The summed E-state index contributed by atoms with van der Waals surface area (Å²) in [7, 11) is -4.47. The fourth-order valence-corrected chi connectivity index (χ4v) is 4.13. The molecule has 0 spiro atoms. The fraction of sp³-hybridized carbons (Fsp3) is 0.500. The van der Waals surface area contributed by atoms with Crippen LogP contribution in [0.3, 0.4) is 0 Å². The average molecular weight is 457 g/mol. The van der Waals surface area contributed by atoms with Crippen molar-refractivity contribution in [2.75, 3.05) is 0 Å². The molecule has 0 unspecified atom stereocenters. The second-order valence-electron chi connectivity index (χ2n) is 7.74. The number of benzene rings is 2. The van der Waals surface area contributed by atoms with E-state index >= 15 is 0 Å². The van der Waals surface area contributed by atoms with Crippen LogP contribution in [-0.2, 0) is 16.5 Å². The average Bonchev–Trinajstić information content (AvgIpc) is 2.71. The summed E-state index contributed by atoms with van der Waals surface area (Å²) < 4.78 is 38.7. The molecule has 0 heterocycles. The Morgan fingerprint density at radius 3 is 2.00 bits per heavy atom. The monoisotopic (exact) mass is 456 g/mol. The number of para-hydroxylation sites is 2. The van der Waals surface area contributed by atoms with Crippen molar-refractivity contribution in [1.82, 2.24) is 0 Å². The molecule has 0 atom stereocenters. The van der Waals surface area contributed by atoms with E-state index in [4.69, 9.17) is 4.74 Å². The van der Waals surface area contributed by atoms with Crippen molar-refractivity contribution in [3.63, 3.8) is 0 Å². The Balaban J connectivity index is 0.00000480. The standard InChI is InChI=1S/C24H34O5S.Na/c1-2-3-4-5-6-7-8-9-10-11-14-20-17-18-23(24(19-20)30(26,27)28)29-22-16-13-12-15-21(22)25;/h12-13,15-19,25H,2-11,14H2,1H3,(H,26,27,28);/q;+1/p-1. The summed E-state index contributed by atoms with van der Waals surface area (Å²) in [5, 5.41) is 11.8. The Morgan fingerprint density at radius 2 is 1.42 bits per heavy atom. The maximum atomic E-state index is 11.8. The first kappa shape index (κ1) is 28.0. The van der Waals surface area contributed by atoms with E-state index in [1.54, 1.807) is 18.2 Å². The van der Waals surface area contributed by atoms with Crippen LogP contribution in [0.25, 0.3) is 0 Å². The van der Waals surface area contributed by atoms with E-state index in [2.05, 4.69) is 6.92 Å². The van der Waals surface area contributed by atoms with Gasteiger partial charge in [0.15, 0.2) is 0 Å². The van der Waals surface area contributed by atoms with Gasteiger partial charge in [0, 0.05) is 0 Å². The van der Waals surface area contributed by atoms with Gasteiger partial charge in [0.25, 0.3) is 10.1 Å². The molecule has 0 aliphatic carbocycles. The zero-order valence-electron chi connectivity index (χ0n) is 18.8. The number of hydrogen-bond acceptors (Lipinski definition) is 4. The van der Waals surface area contributed by atoms with Gasteiger partial charge in [-0.2, -0.15) is 8.42 Å². The van der Waals surface area contributed by atoms with Gasteiger partial charge in [-0.25, -0.2) is 0 Å². The summed E-state index contributed by atoms with van der Waals surface area (Å²) in [6.07, 6.45) is 13.1. The summed E-state index contributed by atoms with van der Waals surface area (Å²) in [5.41, 5.74) is 0.824. The molecule has 0 radical (unpaired) electrons. The largest absolute Gasteiger partial charge is 1.00 e. The van der Waals surface area contributed by atoms with Crippen LogP contribution in [0.2, 0.25) is 0 Å². The topological polar surface area (TPSA) is 86.7 Å². The minimum atomic E-state index is -4.47. The third kappa shape index (κ3) is 10.4. The van der Waals surface area contributed by atoms with Crippen molar-refractivity contribution in [2.24, 2.45) is 0 Å². The summed E-state index contributed by atoms with van der Waals surface area (Å²) in [6, 6.07) is 10.7. The van der Waals surface area contributed by atoms with Gasteiger partial charge in [-0.1, -0.05) is 94.7 Å².